The van der Waals surface area contributed by atoms with Gasteiger partial charge in [-0.2, -0.15) is 0 Å². The van der Waals surface area contributed by atoms with Gasteiger partial charge in [-0.05, 0) is 51.7 Å². The molecule has 0 saturated carbocycles. The molecule has 1 aromatic rings. The molecule has 0 radical (unpaired) electrons. The largest absolute Gasteiger partial charge is 0.354 e. The van der Waals surface area contributed by atoms with Crippen LogP contribution in [0.25, 0.3) is 0 Å². The van der Waals surface area contributed by atoms with Crippen LogP contribution in [0.5, 0.6) is 0 Å². The molecule has 0 aliphatic carbocycles. The Bertz CT molecular complexity index is 602. The van der Waals surface area contributed by atoms with Gasteiger partial charge in [-0.3, -0.25) is 14.4 Å². The first-order valence-corrected chi connectivity index (χ1v) is 9.02. The lowest BCUT2D eigenvalue weighted by molar-refractivity contribution is -0.121. The third-order valence-electron chi connectivity index (χ3n) is 3.66. The van der Waals surface area contributed by atoms with Crippen molar-refractivity contribution >= 4 is 17.7 Å². The predicted molar refractivity (Wildman–Crippen MR) is 102 cm³/mol. The topological polar surface area (TPSA) is 90.5 Å². The molecular weight excluding hydrogens is 332 g/mol. The van der Waals surface area contributed by atoms with Crippen molar-refractivity contribution in [2.24, 2.45) is 0 Å². The molecule has 3 N–H and O–H groups in total. The second-order valence-corrected chi connectivity index (χ2v) is 6.35. The molecule has 0 aliphatic heterocycles. The molecule has 26 heavy (non-hydrogen) atoms. The smallest absolute Gasteiger partial charge is 0.251 e. The summed E-state index contributed by atoms with van der Waals surface area (Å²) in [6.45, 7) is 4.16. The average molecular weight is 362 g/mol. The van der Waals surface area contributed by atoms with E-state index in [0.717, 1.165) is 19.4 Å². The lowest BCUT2D eigenvalue weighted by Gasteiger charge is -2.10. The zero-order valence-corrected chi connectivity index (χ0v) is 15.9. The normalized spacial score (nSPS) is 10.5. The number of hydrogen-bond acceptors (Lipinski definition) is 4. The van der Waals surface area contributed by atoms with E-state index >= 15 is 0 Å². The van der Waals surface area contributed by atoms with Crippen molar-refractivity contribution in [1.29, 1.82) is 0 Å². The highest BCUT2D eigenvalue weighted by molar-refractivity contribution is 5.99. The third kappa shape index (κ3) is 8.62. The summed E-state index contributed by atoms with van der Waals surface area (Å²) < 4.78 is 0. The first-order valence-electron chi connectivity index (χ1n) is 9.02. The molecule has 0 atom stereocenters. The van der Waals surface area contributed by atoms with Gasteiger partial charge >= 0.3 is 0 Å². The molecule has 0 bridgehead atoms. The maximum atomic E-state index is 12.2. The van der Waals surface area contributed by atoms with Crippen molar-refractivity contribution in [2.45, 2.75) is 26.2 Å². The minimum Gasteiger partial charge on any atom is -0.354 e. The van der Waals surface area contributed by atoms with Crippen molar-refractivity contribution in [2.75, 3.05) is 40.3 Å². The molecule has 0 fully saturated rings. The number of carbonyl (C=O) groups excluding carboxylic acids is 3. The summed E-state index contributed by atoms with van der Waals surface area (Å²) in [6.07, 6.45) is 2.13. The Morgan fingerprint density at radius 1 is 0.923 bits per heavy atom. The highest BCUT2D eigenvalue weighted by atomic mass is 16.2. The zero-order valence-electron chi connectivity index (χ0n) is 15.9. The monoisotopic (exact) mass is 362 g/mol. The Hall–Kier alpha value is -2.41. The molecule has 1 rings (SSSR count). The summed E-state index contributed by atoms with van der Waals surface area (Å²) in [5.74, 6) is -0.473. The Morgan fingerprint density at radius 2 is 1.50 bits per heavy atom. The van der Waals surface area contributed by atoms with Crippen molar-refractivity contribution in [3.05, 3.63) is 35.4 Å². The SMILES string of the molecule is CCCNC(=O)c1cccc(C(=O)NCCNC(=O)CCCN(C)C)c1. The minimum atomic E-state index is -0.267. The van der Waals surface area contributed by atoms with Gasteiger partial charge in [-0.25, -0.2) is 0 Å². The van der Waals surface area contributed by atoms with Gasteiger partial charge in [-0.15, -0.1) is 0 Å². The Kier molecular flexibility index (Phi) is 10.0. The highest BCUT2D eigenvalue weighted by Crippen LogP contribution is 2.05. The van der Waals surface area contributed by atoms with Gasteiger partial charge < -0.3 is 20.9 Å². The van der Waals surface area contributed by atoms with Crippen LogP contribution in [0.3, 0.4) is 0 Å². The van der Waals surface area contributed by atoms with Crippen molar-refractivity contribution < 1.29 is 14.4 Å². The molecule has 0 unspecified atom stereocenters. The molecule has 1 aromatic carbocycles. The molecular formula is C19H30N4O3. The Labute approximate surface area is 155 Å². The second kappa shape index (κ2) is 12.0. The minimum absolute atomic E-state index is 0.0179. The van der Waals surface area contributed by atoms with E-state index in [1.165, 1.54) is 0 Å². The van der Waals surface area contributed by atoms with Crippen LogP contribution in [-0.2, 0) is 4.79 Å². The van der Waals surface area contributed by atoms with E-state index in [-0.39, 0.29) is 17.7 Å². The maximum Gasteiger partial charge on any atom is 0.251 e. The van der Waals surface area contributed by atoms with Gasteiger partial charge in [0, 0.05) is 37.2 Å². The number of amides is 3. The Balaban J connectivity index is 2.35. The molecule has 7 nitrogen and oxygen atoms in total. The van der Waals surface area contributed by atoms with E-state index in [1.54, 1.807) is 24.3 Å². The zero-order chi connectivity index (χ0) is 19.4. The standard InChI is InChI=1S/C19H30N4O3/c1-4-10-21-18(25)15-7-5-8-16(14-15)19(26)22-12-11-20-17(24)9-6-13-23(2)3/h5,7-8,14H,4,6,9-13H2,1-3H3,(H,20,24)(H,21,25)(H,22,26). The van der Waals surface area contributed by atoms with E-state index in [0.29, 0.717) is 37.2 Å². The van der Waals surface area contributed by atoms with E-state index in [1.807, 2.05) is 25.9 Å². The molecule has 0 heterocycles. The molecule has 144 valence electrons. The van der Waals surface area contributed by atoms with Crippen LogP contribution in [0.1, 0.15) is 46.9 Å². The summed E-state index contributed by atoms with van der Waals surface area (Å²) >= 11 is 0. The predicted octanol–water partition coefficient (Wildman–Crippen LogP) is 1.01. The molecule has 3 amide bonds. The quantitative estimate of drug-likeness (QED) is 0.513. The summed E-state index contributed by atoms with van der Waals surface area (Å²) in [5, 5.41) is 8.31. The summed E-state index contributed by atoms with van der Waals surface area (Å²) in [5.41, 5.74) is 0.881. The lowest BCUT2D eigenvalue weighted by atomic mass is 10.1. The number of carbonyl (C=O) groups is 3. The van der Waals surface area contributed by atoms with E-state index in [9.17, 15) is 14.4 Å². The number of nitrogens with one attached hydrogen (secondary N) is 3. The van der Waals surface area contributed by atoms with Crippen molar-refractivity contribution in [3.63, 3.8) is 0 Å². The van der Waals surface area contributed by atoms with Crippen LogP contribution in [0, 0.1) is 0 Å². The molecule has 7 heteroatoms. The van der Waals surface area contributed by atoms with E-state index in [2.05, 4.69) is 16.0 Å². The van der Waals surface area contributed by atoms with Gasteiger partial charge in [0.1, 0.15) is 0 Å². The van der Waals surface area contributed by atoms with Crippen LogP contribution in [0.15, 0.2) is 24.3 Å². The van der Waals surface area contributed by atoms with Gasteiger partial charge in [0.05, 0.1) is 0 Å². The van der Waals surface area contributed by atoms with Crippen LogP contribution >= 0.6 is 0 Å². The highest BCUT2D eigenvalue weighted by Gasteiger charge is 2.10. The summed E-state index contributed by atoms with van der Waals surface area (Å²) in [6, 6.07) is 6.59. The number of nitrogens with zero attached hydrogens (tertiary/aromatic N) is 1. The van der Waals surface area contributed by atoms with E-state index < -0.39 is 0 Å². The summed E-state index contributed by atoms with van der Waals surface area (Å²) in [4.78, 5) is 37.8. The summed E-state index contributed by atoms with van der Waals surface area (Å²) in [7, 11) is 3.94. The molecule has 0 spiro atoms. The van der Waals surface area contributed by atoms with Crippen LogP contribution < -0.4 is 16.0 Å². The second-order valence-electron chi connectivity index (χ2n) is 6.35. The van der Waals surface area contributed by atoms with Gasteiger partial charge in [0.15, 0.2) is 0 Å². The van der Waals surface area contributed by atoms with Gasteiger partial charge in [0.25, 0.3) is 11.8 Å². The fourth-order valence-electron chi connectivity index (χ4n) is 2.27. The fraction of sp³-hybridized carbons (Fsp3) is 0.526. The van der Waals surface area contributed by atoms with Crippen LogP contribution in [-0.4, -0.2) is 62.9 Å². The van der Waals surface area contributed by atoms with Crippen molar-refractivity contribution in [1.82, 2.24) is 20.9 Å². The maximum absolute atomic E-state index is 12.2. The van der Waals surface area contributed by atoms with Crippen LogP contribution in [0.4, 0.5) is 0 Å². The Morgan fingerprint density at radius 3 is 2.08 bits per heavy atom. The molecule has 0 saturated heterocycles. The third-order valence-corrected chi connectivity index (χ3v) is 3.66. The van der Waals surface area contributed by atoms with Gasteiger partial charge in [-0.1, -0.05) is 13.0 Å². The fourth-order valence-corrected chi connectivity index (χ4v) is 2.27. The molecule has 0 aromatic heterocycles. The van der Waals surface area contributed by atoms with Crippen molar-refractivity contribution in [3.8, 4) is 0 Å². The number of rotatable bonds is 11. The first-order chi connectivity index (χ1) is 12.4. The first kappa shape index (κ1) is 21.6. The molecule has 0 aliphatic rings. The van der Waals surface area contributed by atoms with E-state index in [4.69, 9.17) is 0 Å². The number of hydrogen-bond donors (Lipinski definition) is 3. The average Bonchev–Trinajstić information content (AvgIpc) is 2.62. The lowest BCUT2D eigenvalue weighted by Crippen LogP contribution is -2.35. The number of benzene rings is 1. The van der Waals surface area contributed by atoms with Gasteiger partial charge in [0.2, 0.25) is 5.91 Å². The van der Waals surface area contributed by atoms with Crippen LogP contribution in [0.2, 0.25) is 0 Å².